The third-order valence-electron chi connectivity index (χ3n) is 3.90. The van der Waals surface area contributed by atoms with Crippen molar-refractivity contribution in [1.82, 2.24) is 5.32 Å². The van der Waals surface area contributed by atoms with Crippen LogP contribution in [0.25, 0.3) is 0 Å². The predicted octanol–water partition coefficient (Wildman–Crippen LogP) is 4.34. The van der Waals surface area contributed by atoms with Gasteiger partial charge in [-0.15, -0.1) is 0 Å². The molecule has 2 amide bonds. The molecule has 29 heavy (non-hydrogen) atoms. The van der Waals surface area contributed by atoms with Crippen molar-refractivity contribution in [3.05, 3.63) is 65.2 Å². The van der Waals surface area contributed by atoms with Gasteiger partial charge in [0.15, 0.2) is 0 Å². The molecule has 2 aromatic rings. The van der Waals surface area contributed by atoms with E-state index < -0.39 is 29.8 Å². The SMILES string of the molecule is CC(C)C(NC(=O)Nc1ccc(C#Cc2cccc(C(F)(F)F)c2)cc1)C(=O)O. The van der Waals surface area contributed by atoms with E-state index in [4.69, 9.17) is 5.11 Å². The molecule has 8 heteroatoms. The van der Waals surface area contributed by atoms with Gasteiger partial charge >= 0.3 is 18.2 Å². The molecule has 0 heterocycles. The number of carbonyl (C=O) groups is 2. The van der Waals surface area contributed by atoms with Crippen LogP contribution < -0.4 is 10.6 Å². The second kappa shape index (κ2) is 9.15. The van der Waals surface area contributed by atoms with Gasteiger partial charge in [0.2, 0.25) is 0 Å². The van der Waals surface area contributed by atoms with Crippen LogP contribution in [-0.4, -0.2) is 23.1 Å². The van der Waals surface area contributed by atoms with Crippen LogP contribution in [0.1, 0.15) is 30.5 Å². The molecule has 0 radical (unpaired) electrons. The molecule has 0 aliphatic rings. The lowest BCUT2D eigenvalue weighted by Gasteiger charge is -2.18. The van der Waals surface area contributed by atoms with Gasteiger partial charge in [0.1, 0.15) is 6.04 Å². The van der Waals surface area contributed by atoms with Crippen LogP contribution in [0.4, 0.5) is 23.7 Å². The van der Waals surface area contributed by atoms with Crippen molar-refractivity contribution in [3.63, 3.8) is 0 Å². The summed E-state index contributed by atoms with van der Waals surface area (Å²) in [5.41, 5.74) is 0.421. The number of nitrogens with one attached hydrogen (secondary N) is 2. The molecule has 1 atom stereocenters. The van der Waals surface area contributed by atoms with Crippen molar-refractivity contribution >= 4 is 17.7 Å². The third-order valence-corrected chi connectivity index (χ3v) is 3.90. The minimum atomic E-state index is -4.43. The zero-order chi connectivity index (χ0) is 21.6. The Kier molecular flexibility index (Phi) is 6.89. The highest BCUT2D eigenvalue weighted by Crippen LogP contribution is 2.29. The molecular weight excluding hydrogens is 385 g/mol. The first-order chi connectivity index (χ1) is 13.6. The number of carboxylic acid groups (broad SMARTS) is 1. The zero-order valence-corrected chi connectivity index (χ0v) is 15.7. The van der Waals surface area contributed by atoms with Gasteiger partial charge in [0, 0.05) is 16.8 Å². The molecule has 0 saturated heterocycles. The number of hydrogen-bond donors (Lipinski definition) is 3. The number of halogens is 3. The predicted molar refractivity (Wildman–Crippen MR) is 102 cm³/mol. The first-order valence-corrected chi connectivity index (χ1v) is 8.66. The van der Waals surface area contributed by atoms with Gasteiger partial charge in [0.05, 0.1) is 5.56 Å². The molecule has 0 bridgehead atoms. The number of aliphatic carboxylic acids is 1. The van der Waals surface area contributed by atoms with Gasteiger partial charge in [-0.3, -0.25) is 0 Å². The summed E-state index contributed by atoms with van der Waals surface area (Å²) >= 11 is 0. The van der Waals surface area contributed by atoms with Gasteiger partial charge in [0.25, 0.3) is 0 Å². The van der Waals surface area contributed by atoms with E-state index in [-0.39, 0.29) is 11.5 Å². The van der Waals surface area contributed by atoms with Gasteiger partial charge in [-0.1, -0.05) is 31.8 Å². The number of carbonyl (C=O) groups excluding carboxylic acids is 1. The Morgan fingerprint density at radius 3 is 2.17 bits per heavy atom. The van der Waals surface area contributed by atoms with Gasteiger partial charge in [-0.2, -0.15) is 13.2 Å². The summed E-state index contributed by atoms with van der Waals surface area (Å²) in [5.74, 6) is 4.01. The lowest BCUT2D eigenvalue weighted by atomic mass is 10.1. The van der Waals surface area contributed by atoms with Crippen LogP contribution in [0.5, 0.6) is 0 Å². The monoisotopic (exact) mass is 404 g/mol. The molecule has 0 fully saturated rings. The fourth-order valence-electron chi connectivity index (χ4n) is 2.38. The van der Waals surface area contributed by atoms with Gasteiger partial charge in [-0.25, -0.2) is 9.59 Å². The smallest absolute Gasteiger partial charge is 0.416 e. The highest BCUT2D eigenvalue weighted by atomic mass is 19.4. The third kappa shape index (κ3) is 6.57. The summed E-state index contributed by atoms with van der Waals surface area (Å²) in [7, 11) is 0. The van der Waals surface area contributed by atoms with E-state index >= 15 is 0 Å². The summed E-state index contributed by atoms with van der Waals surface area (Å²) in [6, 6.07) is 9.34. The first-order valence-electron chi connectivity index (χ1n) is 8.66. The van der Waals surface area contributed by atoms with E-state index in [1.165, 1.54) is 12.1 Å². The lowest BCUT2D eigenvalue weighted by Crippen LogP contribution is -2.46. The van der Waals surface area contributed by atoms with Crippen LogP contribution in [-0.2, 0) is 11.0 Å². The molecule has 0 spiro atoms. The van der Waals surface area contributed by atoms with Gasteiger partial charge < -0.3 is 15.7 Å². The van der Waals surface area contributed by atoms with Crippen molar-refractivity contribution in [2.45, 2.75) is 26.1 Å². The molecule has 5 nitrogen and oxygen atoms in total. The van der Waals surface area contributed by atoms with Crippen LogP contribution in [0.3, 0.4) is 0 Å². The fraction of sp³-hybridized carbons (Fsp3) is 0.238. The van der Waals surface area contributed by atoms with E-state index in [0.717, 1.165) is 12.1 Å². The zero-order valence-electron chi connectivity index (χ0n) is 15.7. The van der Waals surface area contributed by atoms with Crippen molar-refractivity contribution < 1.29 is 27.9 Å². The van der Waals surface area contributed by atoms with E-state index in [1.807, 2.05) is 0 Å². The fourth-order valence-corrected chi connectivity index (χ4v) is 2.38. The number of rotatable bonds is 4. The molecule has 152 valence electrons. The molecule has 3 N–H and O–H groups in total. The summed E-state index contributed by atoms with van der Waals surface area (Å²) in [5, 5.41) is 14.0. The van der Waals surface area contributed by atoms with Crippen molar-refractivity contribution in [1.29, 1.82) is 0 Å². The summed E-state index contributed by atoms with van der Waals surface area (Å²) in [6.45, 7) is 3.36. The second-order valence-electron chi connectivity index (χ2n) is 6.56. The molecule has 2 rings (SSSR count). The van der Waals surface area contributed by atoms with Gasteiger partial charge in [-0.05, 0) is 48.4 Å². The average molecular weight is 404 g/mol. The summed E-state index contributed by atoms with van der Waals surface area (Å²) in [6.07, 6.45) is -4.43. The standard InChI is InChI=1S/C21H19F3N2O3/c1-13(2)18(19(27)28)26-20(29)25-17-10-8-14(9-11-17)6-7-15-4-3-5-16(12-15)21(22,23)24/h3-5,8-13,18H,1-2H3,(H,27,28)(H2,25,26,29). The Labute approximate surface area is 165 Å². The highest BCUT2D eigenvalue weighted by molar-refractivity contribution is 5.92. The number of anilines is 1. The maximum atomic E-state index is 12.7. The maximum Gasteiger partial charge on any atom is 0.416 e. The Morgan fingerprint density at radius 2 is 1.62 bits per heavy atom. The van der Waals surface area contributed by atoms with Crippen molar-refractivity contribution in [2.24, 2.45) is 5.92 Å². The van der Waals surface area contributed by atoms with E-state index in [2.05, 4.69) is 22.5 Å². The van der Waals surface area contributed by atoms with Crippen LogP contribution in [0, 0.1) is 17.8 Å². The molecule has 0 aromatic heterocycles. The normalized spacial score (nSPS) is 11.9. The second-order valence-corrected chi connectivity index (χ2v) is 6.56. The highest BCUT2D eigenvalue weighted by Gasteiger charge is 2.30. The number of benzene rings is 2. The lowest BCUT2D eigenvalue weighted by molar-refractivity contribution is -0.140. The molecule has 2 aromatic carbocycles. The van der Waals surface area contributed by atoms with Crippen LogP contribution in [0.15, 0.2) is 48.5 Å². The van der Waals surface area contributed by atoms with Crippen LogP contribution >= 0.6 is 0 Å². The minimum Gasteiger partial charge on any atom is -0.480 e. The molecular formula is C21H19F3N2O3. The largest absolute Gasteiger partial charge is 0.480 e. The minimum absolute atomic E-state index is 0.231. The quantitative estimate of drug-likeness (QED) is 0.664. The summed E-state index contributed by atoms with van der Waals surface area (Å²) in [4.78, 5) is 23.1. The Hall–Kier alpha value is -3.47. The number of hydrogen-bond acceptors (Lipinski definition) is 2. The van der Waals surface area contributed by atoms with Crippen molar-refractivity contribution in [2.75, 3.05) is 5.32 Å². The molecule has 0 aliphatic heterocycles. The van der Waals surface area contributed by atoms with E-state index in [0.29, 0.717) is 11.3 Å². The Bertz CT molecular complexity index is 942. The van der Waals surface area contributed by atoms with E-state index in [1.54, 1.807) is 38.1 Å². The Morgan fingerprint density at radius 1 is 1.00 bits per heavy atom. The topological polar surface area (TPSA) is 78.4 Å². The van der Waals surface area contributed by atoms with E-state index in [9.17, 15) is 22.8 Å². The molecule has 1 unspecified atom stereocenters. The molecule has 0 saturated carbocycles. The first kappa shape index (κ1) is 21.8. The molecule has 0 aliphatic carbocycles. The van der Waals surface area contributed by atoms with Crippen molar-refractivity contribution in [3.8, 4) is 11.8 Å². The number of amides is 2. The number of urea groups is 1. The number of carboxylic acids is 1. The van der Waals surface area contributed by atoms with Crippen LogP contribution in [0.2, 0.25) is 0 Å². The summed E-state index contributed by atoms with van der Waals surface area (Å²) < 4.78 is 38.2. The Balaban J connectivity index is 2.04. The number of alkyl halides is 3. The maximum absolute atomic E-state index is 12.7. The average Bonchev–Trinajstić information content (AvgIpc) is 2.64.